The Hall–Kier alpha value is -3.03. The van der Waals surface area contributed by atoms with Crippen LogP contribution >= 0.6 is 0 Å². The summed E-state index contributed by atoms with van der Waals surface area (Å²) in [5, 5.41) is 6.41. The van der Waals surface area contributed by atoms with Gasteiger partial charge >= 0.3 is 0 Å². The summed E-state index contributed by atoms with van der Waals surface area (Å²) in [6.07, 6.45) is 9.81. The first-order valence-corrected chi connectivity index (χ1v) is 6.72. The minimum atomic E-state index is -0.208. The van der Waals surface area contributed by atoms with Crippen molar-refractivity contribution in [3.8, 4) is 11.5 Å². The van der Waals surface area contributed by atoms with Crippen LogP contribution in [0.3, 0.4) is 0 Å². The van der Waals surface area contributed by atoms with E-state index in [0.29, 0.717) is 35.9 Å². The van der Waals surface area contributed by atoms with Crippen LogP contribution in [0.5, 0.6) is 0 Å². The quantitative estimate of drug-likeness (QED) is 0.756. The first-order chi connectivity index (χ1) is 10.8. The molecule has 0 aliphatic rings. The molecule has 0 radical (unpaired) electrons. The van der Waals surface area contributed by atoms with Gasteiger partial charge < -0.3 is 14.4 Å². The average molecular weight is 298 g/mol. The topological polar surface area (TPSA) is 98.7 Å². The summed E-state index contributed by atoms with van der Waals surface area (Å²) in [7, 11) is 0. The highest BCUT2D eigenvalue weighted by molar-refractivity contribution is 5.94. The molecule has 8 nitrogen and oxygen atoms in total. The lowest BCUT2D eigenvalue weighted by molar-refractivity contribution is 0.0951. The average Bonchev–Trinajstić information content (AvgIpc) is 3.17. The van der Waals surface area contributed by atoms with Crippen molar-refractivity contribution < 1.29 is 9.32 Å². The lowest BCUT2D eigenvalue weighted by Gasteiger charge is -2.08. The van der Waals surface area contributed by atoms with Gasteiger partial charge in [-0.05, 0) is 6.92 Å². The molecule has 3 heterocycles. The minimum Gasteiger partial charge on any atom is -0.361 e. The van der Waals surface area contributed by atoms with Gasteiger partial charge in [0.2, 0.25) is 0 Å². The number of aryl methyl sites for hydroxylation is 1. The highest BCUT2D eigenvalue weighted by Gasteiger charge is 2.12. The lowest BCUT2D eigenvalue weighted by Crippen LogP contribution is -2.27. The van der Waals surface area contributed by atoms with E-state index in [9.17, 15) is 4.79 Å². The van der Waals surface area contributed by atoms with E-state index >= 15 is 0 Å². The minimum absolute atomic E-state index is 0.208. The molecule has 8 heteroatoms. The van der Waals surface area contributed by atoms with Crippen LogP contribution in [0.25, 0.3) is 11.5 Å². The predicted octanol–water partition coefficient (Wildman–Crippen LogP) is 1.07. The summed E-state index contributed by atoms with van der Waals surface area (Å²) in [6.45, 7) is 2.72. The second-order valence-corrected chi connectivity index (χ2v) is 4.59. The van der Waals surface area contributed by atoms with Gasteiger partial charge in [-0.3, -0.25) is 9.78 Å². The fourth-order valence-corrected chi connectivity index (χ4v) is 2.04. The number of rotatable bonds is 5. The fraction of sp³-hybridized carbons (Fsp3) is 0.214. The van der Waals surface area contributed by atoms with Gasteiger partial charge in [0, 0.05) is 37.9 Å². The number of amides is 1. The van der Waals surface area contributed by atoms with E-state index in [-0.39, 0.29) is 5.91 Å². The summed E-state index contributed by atoms with van der Waals surface area (Å²) in [4.78, 5) is 24.5. The van der Waals surface area contributed by atoms with Crippen LogP contribution in [0.2, 0.25) is 0 Å². The molecule has 3 aromatic rings. The molecule has 0 unspecified atom stereocenters. The molecule has 0 saturated carbocycles. The van der Waals surface area contributed by atoms with Gasteiger partial charge in [-0.1, -0.05) is 5.16 Å². The monoisotopic (exact) mass is 298 g/mol. The molecule has 0 fully saturated rings. The summed E-state index contributed by atoms with van der Waals surface area (Å²) in [5.74, 6) is 1.00. The summed E-state index contributed by atoms with van der Waals surface area (Å²) >= 11 is 0. The number of imidazole rings is 1. The van der Waals surface area contributed by atoms with Crippen LogP contribution in [-0.4, -0.2) is 37.1 Å². The number of aromatic nitrogens is 5. The third-order valence-electron chi connectivity index (χ3n) is 3.14. The molecular formula is C14H14N6O2. The molecule has 0 bridgehead atoms. The molecular weight excluding hydrogens is 284 g/mol. The van der Waals surface area contributed by atoms with Gasteiger partial charge in [0.25, 0.3) is 5.91 Å². The maximum atomic E-state index is 12.0. The van der Waals surface area contributed by atoms with Gasteiger partial charge in [-0.25, -0.2) is 9.97 Å². The number of hydrogen-bond acceptors (Lipinski definition) is 6. The van der Waals surface area contributed by atoms with Crippen molar-refractivity contribution in [3.05, 3.63) is 48.5 Å². The Kier molecular flexibility index (Phi) is 3.90. The number of nitrogens with zero attached hydrogens (tertiary/aromatic N) is 5. The van der Waals surface area contributed by atoms with Crippen LogP contribution in [0.1, 0.15) is 16.1 Å². The Morgan fingerprint density at radius 2 is 2.18 bits per heavy atom. The van der Waals surface area contributed by atoms with Crippen LogP contribution in [0.15, 0.2) is 41.7 Å². The largest absolute Gasteiger partial charge is 0.361 e. The van der Waals surface area contributed by atoms with Gasteiger partial charge in [0.1, 0.15) is 17.0 Å². The Balaban J connectivity index is 1.63. The first-order valence-electron chi connectivity index (χ1n) is 6.72. The van der Waals surface area contributed by atoms with E-state index in [1.165, 1.54) is 6.20 Å². The molecule has 1 N–H and O–H groups in total. The smallest absolute Gasteiger partial charge is 0.256 e. The molecule has 112 valence electrons. The maximum absolute atomic E-state index is 12.0. The SMILES string of the molecule is Cc1oncc1C(=O)NCCn1ccnc1-c1cnccn1. The second kappa shape index (κ2) is 6.17. The van der Waals surface area contributed by atoms with Gasteiger partial charge in [-0.15, -0.1) is 0 Å². The molecule has 0 aromatic carbocycles. The molecule has 22 heavy (non-hydrogen) atoms. The van der Waals surface area contributed by atoms with Crippen molar-refractivity contribution in [2.75, 3.05) is 6.54 Å². The fourth-order valence-electron chi connectivity index (χ4n) is 2.04. The molecule has 1 amide bonds. The predicted molar refractivity (Wildman–Crippen MR) is 76.8 cm³/mol. The van der Waals surface area contributed by atoms with Gasteiger partial charge in [0.05, 0.1) is 12.4 Å². The number of carbonyl (C=O) groups is 1. The van der Waals surface area contributed by atoms with Crippen LogP contribution < -0.4 is 5.32 Å². The Labute approximate surface area is 126 Å². The number of nitrogens with one attached hydrogen (secondary N) is 1. The van der Waals surface area contributed by atoms with E-state index in [4.69, 9.17) is 4.52 Å². The third-order valence-corrected chi connectivity index (χ3v) is 3.14. The van der Waals surface area contributed by atoms with Crippen LogP contribution in [0.4, 0.5) is 0 Å². The van der Waals surface area contributed by atoms with Gasteiger partial charge in [-0.2, -0.15) is 0 Å². The van der Waals surface area contributed by atoms with E-state index in [2.05, 4.69) is 25.4 Å². The molecule has 0 spiro atoms. The van der Waals surface area contributed by atoms with Crippen molar-refractivity contribution in [2.24, 2.45) is 0 Å². The summed E-state index contributed by atoms with van der Waals surface area (Å²) < 4.78 is 6.78. The molecule has 0 atom stereocenters. The van der Waals surface area contributed by atoms with Gasteiger partial charge in [0.15, 0.2) is 5.82 Å². The molecule has 3 aromatic heterocycles. The highest BCUT2D eigenvalue weighted by Crippen LogP contribution is 2.12. The van der Waals surface area contributed by atoms with E-state index in [1.54, 1.807) is 31.7 Å². The maximum Gasteiger partial charge on any atom is 0.256 e. The summed E-state index contributed by atoms with van der Waals surface area (Å²) in [5.41, 5.74) is 1.13. The van der Waals surface area contributed by atoms with E-state index in [1.807, 2.05) is 10.8 Å². The van der Waals surface area contributed by atoms with Crippen molar-refractivity contribution >= 4 is 5.91 Å². The second-order valence-electron chi connectivity index (χ2n) is 4.59. The standard InChI is InChI=1S/C14H14N6O2/c1-10-11(8-19-22-10)14(21)18-5-7-20-6-4-17-13(20)12-9-15-2-3-16-12/h2-4,6,8-9H,5,7H2,1H3,(H,18,21). The lowest BCUT2D eigenvalue weighted by atomic mass is 10.2. The number of carbonyl (C=O) groups excluding carboxylic acids is 1. The molecule has 0 aliphatic heterocycles. The molecule has 0 aliphatic carbocycles. The Morgan fingerprint density at radius 3 is 2.91 bits per heavy atom. The third kappa shape index (κ3) is 2.85. The summed E-state index contributed by atoms with van der Waals surface area (Å²) in [6, 6.07) is 0. The van der Waals surface area contributed by atoms with Crippen molar-refractivity contribution in [1.82, 2.24) is 30.0 Å². The molecule has 3 rings (SSSR count). The Bertz CT molecular complexity index is 765. The van der Waals surface area contributed by atoms with Crippen molar-refractivity contribution in [3.63, 3.8) is 0 Å². The van der Waals surface area contributed by atoms with Crippen molar-refractivity contribution in [1.29, 1.82) is 0 Å². The van der Waals surface area contributed by atoms with E-state index < -0.39 is 0 Å². The van der Waals surface area contributed by atoms with Crippen LogP contribution in [-0.2, 0) is 6.54 Å². The Morgan fingerprint density at radius 1 is 1.27 bits per heavy atom. The zero-order valence-electron chi connectivity index (χ0n) is 11.9. The highest BCUT2D eigenvalue weighted by atomic mass is 16.5. The zero-order chi connectivity index (χ0) is 15.4. The zero-order valence-corrected chi connectivity index (χ0v) is 11.9. The van der Waals surface area contributed by atoms with Crippen LogP contribution in [0, 0.1) is 6.92 Å². The molecule has 0 saturated heterocycles. The normalized spacial score (nSPS) is 10.6. The van der Waals surface area contributed by atoms with Crippen molar-refractivity contribution in [2.45, 2.75) is 13.5 Å². The number of hydrogen-bond donors (Lipinski definition) is 1. The first kappa shape index (κ1) is 13.9. The van der Waals surface area contributed by atoms with E-state index in [0.717, 1.165) is 0 Å².